The first-order valence-electron chi connectivity index (χ1n) is 6.12. The van der Waals surface area contributed by atoms with Crippen molar-refractivity contribution in [3.05, 3.63) is 66.8 Å². The average molecular weight is 269 g/mol. The molecule has 0 saturated carbocycles. The van der Waals surface area contributed by atoms with Gasteiger partial charge in [-0.15, -0.1) is 0 Å². The number of imide groups is 1. The van der Waals surface area contributed by atoms with Gasteiger partial charge in [-0.1, -0.05) is 49.1 Å². The van der Waals surface area contributed by atoms with E-state index in [2.05, 4.69) is 22.5 Å². The molecule has 1 aliphatic rings. The van der Waals surface area contributed by atoms with Crippen molar-refractivity contribution in [2.45, 2.75) is 6.04 Å². The van der Waals surface area contributed by atoms with E-state index in [1.54, 1.807) is 36.4 Å². The molecule has 1 aliphatic carbocycles. The summed E-state index contributed by atoms with van der Waals surface area (Å²) in [5, 5.41) is 7.39. The van der Waals surface area contributed by atoms with E-state index < -0.39 is 12.1 Å². The highest BCUT2D eigenvalue weighted by molar-refractivity contribution is 6.00. The molecule has 0 aromatic heterocycles. The molecule has 0 fully saturated rings. The lowest BCUT2D eigenvalue weighted by molar-refractivity contribution is 0.232. The molecular formula is C15H15N3O2. The number of nitrogens with one attached hydrogen (secondary N) is 3. The minimum absolute atomic E-state index is 0.301. The maximum atomic E-state index is 11.7. The molecule has 0 heterocycles. The number of hydrogen-bond donors (Lipinski definition) is 3. The zero-order valence-electron chi connectivity index (χ0n) is 10.8. The maximum Gasteiger partial charge on any atom is 0.327 e. The van der Waals surface area contributed by atoms with Crippen LogP contribution in [0, 0.1) is 0 Å². The van der Waals surface area contributed by atoms with E-state index >= 15 is 0 Å². The minimum Gasteiger partial charge on any atom is -0.327 e. The smallest absolute Gasteiger partial charge is 0.327 e. The van der Waals surface area contributed by atoms with Crippen LogP contribution in [0.3, 0.4) is 0 Å². The van der Waals surface area contributed by atoms with E-state index in [9.17, 15) is 9.59 Å². The first kappa shape index (κ1) is 13.6. The Morgan fingerprint density at radius 3 is 2.50 bits per heavy atom. The Labute approximate surface area is 117 Å². The summed E-state index contributed by atoms with van der Waals surface area (Å²) in [7, 11) is 0. The Hall–Kier alpha value is -2.82. The fourth-order valence-electron chi connectivity index (χ4n) is 1.69. The van der Waals surface area contributed by atoms with E-state index in [4.69, 9.17) is 0 Å². The largest absolute Gasteiger partial charge is 0.327 e. The van der Waals surface area contributed by atoms with Crippen LogP contribution in [0.5, 0.6) is 0 Å². The highest BCUT2D eigenvalue weighted by atomic mass is 16.2. The van der Waals surface area contributed by atoms with Gasteiger partial charge in [0.1, 0.15) is 0 Å². The number of rotatable bonds is 2. The molecule has 102 valence electrons. The minimum atomic E-state index is -0.588. The molecule has 2 rings (SSSR count). The van der Waals surface area contributed by atoms with Crippen LogP contribution < -0.4 is 16.0 Å². The predicted molar refractivity (Wildman–Crippen MR) is 78.3 cm³/mol. The molecule has 1 aromatic carbocycles. The molecular weight excluding hydrogens is 254 g/mol. The Kier molecular flexibility index (Phi) is 4.34. The van der Waals surface area contributed by atoms with Gasteiger partial charge in [-0.2, -0.15) is 0 Å². The summed E-state index contributed by atoms with van der Waals surface area (Å²) in [5.74, 6) is 0. The molecule has 0 radical (unpaired) electrons. The zero-order valence-corrected chi connectivity index (χ0v) is 10.8. The van der Waals surface area contributed by atoms with Gasteiger partial charge < -0.3 is 10.6 Å². The standard InChI is InChI=1S/C15H15N3O2/c1-11-7-5-6-10-13(11)17-15(20)18-14(19)16-12-8-3-2-4-9-12/h2-10,13H,1H2,(H3,16,17,18,19,20). The van der Waals surface area contributed by atoms with Crippen LogP contribution in [0.15, 0.2) is 66.8 Å². The number of urea groups is 2. The fraction of sp³-hybridized carbons (Fsp3) is 0.0667. The third kappa shape index (κ3) is 3.84. The van der Waals surface area contributed by atoms with Gasteiger partial charge in [0.15, 0.2) is 0 Å². The highest BCUT2D eigenvalue weighted by Gasteiger charge is 2.14. The number of carbonyl (C=O) groups excluding carboxylic acids is 2. The fourth-order valence-corrected chi connectivity index (χ4v) is 1.69. The van der Waals surface area contributed by atoms with Gasteiger partial charge in [-0.25, -0.2) is 9.59 Å². The van der Waals surface area contributed by atoms with Crippen LogP contribution in [-0.4, -0.2) is 18.1 Å². The van der Waals surface area contributed by atoms with Crippen molar-refractivity contribution in [2.24, 2.45) is 0 Å². The van der Waals surface area contributed by atoms with E-state index in [0.717, 1.165) is 5.57 Å². The van der Waals surface area contributed by atoms with Crippen LogP contribution >= 0.6 is 0 Å². The first-order chi connectivity index (χ1) is 9.65. The number of benzene rings is 1. The van der Waals surface area contributed by atoms with Gasteiger partial charge in [-0.05, 0) is 17.7 Å². The Morgan fingerprint density at radius 1 is 1.05 bits per heavy atom. The molecule has 5 nitrogen and oxygen atoms in total. The average Bonchev–Trinajstić information content (AvgIpc) is 2.42. The van der Waals surface area contributed by atoms with Crippen LogP contribution in [0.25, 0.3) is 0 Å². The highest BCUT2D eigenvalue weighted by Crippen LogP contribution is 2.08. The second kappa shape index (κ2) is 6.38. The number of allylic oxidation sites excluding steroid dienone is 2. The summed E-state index contributed by atoms with van der Waals surface area (Å²) >= 11 is 0. The number of amides is 4. The van der Waals surface area contributed by atoms with Gasteiger partial charge in [-0.3, -0.25) is 5.32 Å². The summed E-state index contributed by atoms with van der Waals surface area (Å²) in [4.78, 5) is 23.3. The van der Waals surface area contributed by atoms with E-state index in [1.807, 2.05) is 18.2 Å². The van der Waals surface area contributed by atoms with Crippen molar-refractivity contribution in [1.82, 2.24) is 10.6 Å². The van der Waals surface area contributed by atoms with E-state index in [0.29, 0.717) is 5.69 Å². The second-order valence-corrected chi connectivity index (χ2v) is 4.22. The normalized spacial score (nSPS) is 16.6. The molecule has 0 aliphatic heterocycles. The molecule has 0 saturated heterocycles. The van der Waals surface area contributed by atoms with Crippen molar-refractivity contribution in [3.8, 4) is 0 Å². The predicted octanol–water partition coefficient (Wildman–Crippen LogP) is 2.57. The summed E-state index contributed by atoms with van der Waals surface area (Å²) in [6.45, 7) is 3.81. The van der Waals surface area contributed by atoms with Crippen molar-refractivity contribution >= 4 is 17.7 Å². The number of carbonyl (C=O) groups is 2. The third-order valence-corrected chi connectivity index (χ3v) is 2.67. The van der Waals surface area contributed by atoms with Crippen molar-refractivity contribution in [3.63, 3.8) is 0 Å². The second-order valence-electron chi connectivity index (χ2n) is 4.22. The summed E-state index contributed by atoms with van der Waals surface area (Å²) < 4.78 is 0. The lowest BCUT2D eigenvalue weighted by Crippen LogP contribution is -2.46. The first-order valence-corrected chi connectivity index (χ1v) is 6.12. The van der Waals surface area contributed by atoms with Gasteiger partial charge in [0.05, 0.1) is 6.04 Å². The van der Waals surface area contributed by atoms with Crippen LogP contribution in [-0.2, 0) is 0 Å². The number of anilines is 1. The summed E-state index contributed by atoms with van der Waals surface area (Å²) in [6, 6.07) is 7.41. The summed E-state index contributed by atoms with van der Waals surface area (Å²) in [6.07, 6.45) is 7.23. The molecule has 1 aromatic rings. The quantitative estimate of drug-likeness (QED) is 0.772. The molecule has 0 bridgehead atoms. The molecule has 1 atom stereocenters. The van der Waals surface area contributed by atoms with Gasteiger partial charge >= 0.3 is 12.1 Å². The Morgan fingerprint density at radius 2 is 1.80 bits per heavy atom. The van der Waals surface area contributed by atoms with Gasteiger partial charge in [0.25, 0.3) is 0 Å². The van der Waals surface area contributed by atoms with Crippen LogP contribution in [0.1, 0.15) is 0 Å². The van der Waals surface area contributed by atoms with E-state index in [-0.39, 0.29) is 6.04 Å². The molecule has 0 spiro atoms. The monoisotopic (exact) mass is 269 g/mol. The Bertz CT molecular complexity index is 576. The summed E-state index contributed by atoms with van der Waals surface area (Å²) in [5.41, 5.74) is 1.37. The lowest BCUT2D eigenvalue weighted by Gasteiger charge is -2.17. The number of para-hydroxylation sites is 1. The van der Waals surface area contributed by atoms with Crippen molar-refractivity contribution in [2.75, 3.05) is 5.32 Å². The van der Waals surface area contributed by atoms with Gasteiger partial charge in [0.2, 0.25) is 0 Å². The molecule has 3 N–H and O–H groups in total. The number of hydrogen-bond acceptors (Lipinski definition) is 2. The van der Waals surface area contributed by atoms with Crippen molar-refractivity contribution in [1.29, 1.82) is 0 Å². The lowest BCUT2D eigenvalue weighted by atomic mass is 10.0. The Balaban J connectivity index is 1.82. The third-order valence-electron chi connectivity index (χ3n) is 2.67. The van der Waals surface area contributed by atoms with Crippen LogP contribution in [0.2, 0.25) is 0 Å². The SMILES string of the molecule is C=C1C=CC=CC1NC(=O)NC(=O)Nc1ccccc1. The topological polar surface area (TPSA) is 70.2 Å². The molecule has 5 heteroatoms. The van der Waals surface area contributed by atoms with Gasteiger partial charge in [0, 0.05) is 5.69 Å². The molecule has 1 unspecified atom stereocenters. The molecule has 20 heavy (non-hydrogen) atoms. The zero-order chi connectivity index (χ0) is 14.4. The van der Waals surface area contributed by atoms with E-state index in [1.165, 1.54) is 0 Å². The maximum absolute atomic E-state index is 11.7. The molecule has 4 amide bonds. The van der Waals surface area contributed by atoms with Crippen LogP contribution in [0.4, 0.5) is 15.3 Å². The van der Waals surface area contributed by atoms with Crippen molar-refractivity contribution < 1.29 is 9.59 Å².